The monoisotopic (exact) mass is 641 g/mol. The first kappa shape index (κ1) is 32.7. The number of hydrogen-bond acceptors (Lipinski definition) is 7. The maximum atomic E-state index is 12.9. The van der Waals surface area contributed by atoms with Crippen LogP contribution in [0.15, 0.2) is 48.5 Å². The lowest BCUT2D eigenvalue weighted by Gasteiger charge is -2.25. The molecule has 11 heteroatoms. The molecule has 3 aromatic rings. The average molecular weight is 643 g/mol. The Balaban J connectivity index is 1.72. The van der Waals surface area contributed by atoms with E-state index < -0.39 is 11.9 Å². The van der Waals surface area contributed by atoms with Gasteiger partial charge in [-0.1, -0.05) is 71.9 Å². The molecule has 0 unspecified atom stereocenters. The predicted molar refractivity (Wildman–Crippen MR) is 164 cm³/mol. The van der Waals surface area contributed by atoms with E-state index in [1.165, 1.54) is 31.9 Å². The molecule has 41 heavy (non-hydrogen) atoms. The normalized spacial score (nSPS) is 10.7. The van der Waals surface area contributed by atoms with E-state index in [9.17, 15) is 9.59 Å². The third-order valence-corrected chi connectivity index (χ3v) is 7.47. The van der Waals surface area contributed by atoms with Crippen LogP contribution >= 0.6 is 46.4 Å². The highest BCUT2D eigenvalue weighted by Crippen LogP contribution is 2.35. The third kappa shape index (κ3) is 8.58. The Labute approximate surface area is 260 Å². The number of anilines is 1. The smallest absolute Gasteiger partial charge is 0.343 e. The van der Waals surface area contributed by atoms with Gasteiger partial charge in [-0.3, -0.25) is 0 Å². The fourth-order valence-corrected chi connectivity index (χ4v) is 5.03. The molecule has 0 heterocycles. The van der Waals surface area contributed by atoms with Gasteiger partial charge in [0.05, 0.1) is 47.4 Å². The molecule has 7 nitrogen and oxygen atoms in total. The van der Waals surface area contributed by atoms with Gasteiger partial charge in [-0.15, -0.1) is 0 Å². The maximum absolute atomic E-state index is 12.9. The summed E-state index contributed by atoms with van der Waals surface area (Å²) < 4.78 is 21.6. The highest BCUT2D eigenvalue weighted by Gasteiger charge is 2.23. The molecule has 0 spiro atoms. The second-order valence-corrected chi connectivity index (χ2v) is 10.5. The Bertz CT molecular complexity index is 1270. The minimum atomic E-state index is -0.668. The van der Waals surface area contributed by atoms with Crippen molar-refractivity contribution in [3.05, 3.63) is 85.3 Å². The molecule has 0 aromatic heterocycles. The van der Waals surface area contributed by atoms with Crippen molar-refractivity contribution in [3.63, 3.8) is 0 Å². The van der Waals surface area contributed by atoms with Crippen LogP contribution in [0.1, 0.15) is 46.0 Å². The molecule has 0 N–H and O–H groups in total. The van der Waals surface area contributed by atoms with Crippen LogP contribution < -0.4 is 14.4 Å². The highest BCUT2D eigenvalue weighted by atomic mass is 35.5. The van der Waals surface area contributed by atoms with E-state index in [0.29, 0.717) is 13.1 Å². The molecule has 0 saturated heterocycles. The van der Waals surface area contributed by atoms with Crippen LogP contribution in [0.3, 0.4) is 0 Å². The second-order valence-electron chi connectivity index (χ2n) is 8.90. The summed E-state index contributed by atoms with van der Waals surface area (Å²) in [5.74, 6) is -1.05. The number of aryl methyl sites for hydroxylation is 1. The SMILES string of the molecule is CCCCc1ccc(N(CCOC(=O)c2c(Cl)ccc(Cl)c2OC)CCOC(=O)c2c(Cl)ccc(Cl)c2OC)cc1. The number of carbonyl (C=O) groups is 2. The number of esters is 2. The molecule has 3 rings (SSSR count). The van der Waals surface area contributed by atoms with Gasteiger partial charge >= 0.3 is 11.9 Å². The van der Waals surface area contributed by atoms with E-state index in [0.717, 1.165) is 24.9 Å². The van der Waals surface area contributed by atoms with Crippen molar-refractivity contribution in [1.29, 1.82) is 0 Å². The minimum absolute atomic E-state index is 0.0182. The number of carbonyl (C=O) groups excluding carboxylic acids is 2. The summed E-state index contributed by atoms with van der Waals surface area (Å²) in [5.41, 5.74) is 2.19. The summed E-state index contributed by atoms with van der Waals surface area (Å²) in [6, 6.07) is 14.2. The van der Waals surface area contributed by atoms with E-state index in [2.05, 4.69) is 19.1 Å². The summed E-state index contributed by atoms with van der Waals surface area (Å²) in [7, 11) is 2.79. The van der Waals surface area contributed by atoms with Gasteiger partial charge in [-0.05, 0) is 54.8 Å². The lowest BCUT2D eigenvalue weighted by molar-refractivity contribution is 0.0501. The van der Waals surface area contributed by atoms with Crippen molar-refractivity contribution in [2.24, 2.45) is 0 Å². The summed E-state index contributed by atoms with van der Waals surface area (Å²) in [6.45, 7) is 2.80. The zero-order valence-electron chi connectivity index (χ0n) is 23.0. The van der Waals surface area contributed by atoms with Crippen molar-refractivity contribution < 1.29 is 28.5 Å². The second kappa shape index (κ2) is 16.0. The molecule has 0 atom stereocenters. The van der Waals surface area contributed by atoms with Crippen molar-refractivity contribution in [1.82, 2.24) is 0 Å². The Morgan fingerprint density at radius 1 is 0.683 bits per heavy atom. The lowest BCUT2D eigenvalue weighted by atomic mass is 10.1. The fraction of sp³-hybridized carbons (Fsp3) is 0.333. The molecule has 0 bridgehead atoms. The van der Waals surface area contributed by atoms with Gasteiger partial charge < -0.3 is 23.8 Å². The van der Waals surface area contributed by atoms with E-state index >= 15 is 0 Å². The molecule has 0 radical (unpaired) electrons. The number of ether oxygens (including phenoxy) is 4. The zero-order chi connectivity index (χ0) is 29.9. The summed E-state index contributed by atoms with van der Waals surface area (Å²) in [6.07, 6.45) is 3.18. The van der Waals surface area contributed by atoms with Gasteiger partial charge in [0.25, 0.3) is 0 Å². The summed E-state index contributed by atoms with van der Waals surface area (Å²) >= 11 is 24.8. The first-order valence-electron chi connectivity index (χ1n) is 12.9. The lowest BCUT2D eigenvalue weighted by Crippen LogP contribution is -2.32. The van der Waals surface area contributed by atoms with Gasteiger partial charge in [0.15, 0.2) is 11.5 Å². The number of benzene rings is 3. The van der Waals surface area contributed by atoms with Crippen molar-refractivity contribution in [3.8, 4) is 11.5 Å². The number of rotatable bonds is 14. The van der Waals surface area contributed by atoms with Crippen LogP contribution in [0, 0.1) is 0 Å². The molecule has 0 aliphatic heterocycles. The van der Waals surface area contributed by atoms with Gasteiger partial charge in [-0.2, -0.15) is 0 Å². The molecular formula is C30H31Cl4NO6. The Morgan fingerprint density at radius 3 is 1.54 bits per heavy atom. The van der Waals surface area contributed by atoms with Crippen LogP contribution in [-0.4, -0.2) is 52.5 Å². The molecular weight excluding hydrogens is 612 g/mol. The molecule has 0 aliphatic rings. The summed E-state index contributed by atoms with van der Waals surface area (Å²) in [4.78, 5) is 27.7. The van der Waals surface area contributed by atoms with Gasteiger partial charge in [0, 0.05) is 5.69 Å². The van der Waals surface area contributed by atoms with E-state index in [-0.39, 0.29) is 55.9 Å². The van der Waals surface area contributed by atoms with Crippen molar-refractivity contribution in [2.75, 3.05) is 45.4 Å². The minimum Gasteiger partial charge on any atom is -0.494 e. The molecule has 0 amide bonds. The third-order valence-electron chi connectivity index (χ3n) is 6.24. The van der Waals surface area contributed by atoms with Crippen LogP contribution in [0.5, 0.6) is 11.5 Å². The molecule has 220 valence electrons. The molecule has 3 aromatic carbocycles. The maximum Gasteiger partial charge on any atom is 0.343 e. The predicted octanol–water partition coefficient (Wildman–Crippen LogP) is 8.18. The molecule has 0 aliphatic carbocycles. The first-order chi connectivity index (χ1) is 19.7. The fourth-order valence-electron chi connectivity index (χ4n) is 4.11. The molecule has 0 saturated carbocycles. The van der Waals surface area contributed by atoms with Crippen molar-refractivity contribution in [2.45, 2.75) is 26.2 Å². The Morgan fingerprint density at radius 2 is 1.12 bits per heavy atom. The van der Waals surface area contributed by atoms with E-state index in [1.807, 2.05) is 17.0 Å². The Hall–Kier alpha value is -2.84. The quantitative estimate of drug-likeness (QED) is 0.164. The van der Waals surface area contributed by atoms with Gasteiger partial charge in [-0.25, -0.2) is 9.59 Å². The Kier molecular flexibility index (Phi) is 12.7. The topological polar surface area (TPSA) is 74.3 Å². The van der Waals surface area contributed by atoms with Gasteiger partial charge in [0.1, 0.15) is 24.3 Å². The van der Waals surface area contributed by atoms with Crippen LogP contribution in [0.25, 0.3) is 0 Å². The average Bonchev–Trinajstić information content (AvgIpc) is 2.97. The zero-order valence-corrected chi connectivity index (χ0v) is 26.0. The number of halogens is 4. The number of hydrogen-bond donors (Lipinski definition) is 0. The number of unbranched alkanes of at least 4 members (excludes halogenated alkanes) is 1. The largest absolute Gasteiger partial charge is 0.494 e. The standard InChI is InChI=1S/C30H31Cl4NO6/c1-4-5-6-19-7-9-20(10-8-19)35(15-17-40-29(36)25-21(31)11-13-23(33)27(25)38-2)16-18-41-30(37)26-22(32)12-14-24(34)28(26)39-3/h7-14H,4-6,15-18H2,1-3H3. The van der Waals surface area contributed by atoms with Crippen LogP contribution in [0.4, 0.5) is 5.69 Å². The van der Waals surface area contributed by atoms with Crippen molar-refractivity contribution >= 4 is 64.0 Å². The van der Waals surface area contributed by atoms with E-state index in [1.54, 1.807) is 12.1 Å². The molecule has 0 fully saturated rings. The van der Waals surface area contributed by atoms with Crippen LogP contribution in [-0.2, 0) is 15.9 Å². The van der Waals surface area contributed by atoms with Gasteiger partial charge in [0.2, 0.25) is 0 Å². The highest BCUT2D eigenvalue weighted by molar-refractivity contribution is 6.37. The van der Waals surface area contributed by atoms with Crippen LogP contribution in [0.2, 0.25) is 20.1 Å². The number of methoxy groups -OCH3 is 2. The van der Waals surface area contributed by atoms with E-state index in [4.69, 9.17) is 65.4 Å². The summed E-state index contributed by atoms with van der Waals surface area (Å²) in [5, 5.41) is 0.814. The first-order valence-corrected chi connectivity index (χ1v) is 14.4. The number of nitrogens with zero attached hydrogens (tertiary/aromatic N) is 1.